The minimum absolute atomic E-state index is 0.00306. The first kappa shape index (κ1) is 43.7. The van der Waals surface area contributed by atoms with Crippen LogP contribution >= 0.6 is 23.4 Å². The predicted octanol–water partition coefficient (Wildman–Crippen LogP) is 27.1. The summed E-state index contributed by atoms with van der Waals surface area (Å²) in [6.07, 6.45) is 0. The Morgan fingerprint density at radius 2 is 0.716 bits per heavy atom. The van der Waals surface area contributed by atoms with Crippen molar-refractivity contribution in [1.82, 2.24) is 0 Å². The molecule has 0 unspecified atom stereocenters. The highest BCUT2D eigenvalue weighted by atomic mass is 35.5. The van der Waals surface area contributed by atoms with Gasteiger partial charge in [0, 0.05) is 60.2 Å². The van der Waals surface area contributed by atoms with Crippen molar-refractivity contribution in [2.75, 3.05) is 9.80 Å². The Hall–Kier alpha value is -10.1. The highest BCUT2D eigenvalue weighted by Gasteiger charge is 2.32. The third-order valence-corrected chi connectivity index (χ3v) is 17.3. The molecule has 3 nitrogen and oxygen atoms in total. The Morgan fingerprint density at radius 3 is 1.17 bits per heavy atom. The maximum Gasteiger partial charge on any atom is 0.130 e. The molecule has 13 aromatic rings. The SMILES string of the molecule is [2H]c1cc(N(c2cc(N(c3cc(Oc4cc([2H])c([2H])c(-c5c([2H])c([2H])c([2H])c([2H])c5[2H])c4[2H])cc(Sc4cc([2H])c([2H])c(-c5c([2H])c([2H])c([2H])c([2H])c5[2H])c4[2H])c3[2H])c3c(-c4ccccc4)cc(C(C)(C)C)cc3-c3ccccc3)cc(C(C)(C)C)c2)c2c(-c3ccccc3)cc(C(C)(C)C)cc2-c2ccccc2)c([2H])c(Cl)c1[2H]. The highest BCUT2D eigenvalue weighted by molar-refractivity contribution is 7.99. The van der Waals surface area contributed by atoms with Crippen LogP contribution in [-0.4, -0.2) is 0 Å². The van der Waals surface area contributed by atoms with E-state index < -0.39 is 141 Å². The fourth-order valence-electron chi connectivity index (χ4n) is 11.3. The van der Waals surface area contributed by atoms with Crippen LogP contribution in [0.4, 0.5) is 34.1 Å². The van der Waals surface area contributed by atoms with Crippen molar-refractivity contribution in [1.29, 1.82) is 0 Å². The second-order valence-electron chi connectivity index (χ2n) is 26.0. The summed E-state index contributed by atoms with van der Waals surface area (Å²) in [6, 6.07) is 47.8. The molecule has 0 aromatic heterocycles. The highest BCUT2D eigenvalue weighted by Crippen LogP contribution is 2.55. The Labute approximate surface area is 600 Å². The summed E-state index contributed by atoms with van der Waals surface area (Å²) >= 11 is 7.95. The quantitative estimate of drug-likeness (QED) is 0.0958. The lowest BCUT2D eigenvalue weighted by atomic mass is 9.81. The number of anilines is 6. The van der Waals surface area contributed by atoms with Gasteiger partial charge in [-0.2, -0.15) is 0 Å². The van der Waals surface area contributed by atoms with Crippen molar-refractivity contribution in [2.45, 2.75) is 88.3 Å². The van der Waals surface area contributed by atoms with Crippen molar-refractivity contribution in [3.63, 3.8) is 0 Å². The summed E-state index contributed by atoms with van der Waals surface area (Å²) in [7, 11) is 0. The summed E-state index contributed by atoms with van der Waals surface area (Å²) in [5, 5.41) is -0.285. The van der Waals surface area contributed by atoms with Gasteiger partial charge in [0.25, 0.3) is 0 Å². The topological polar surface area (TPSA) is 15.7 Å². The zero-order valence-electron chi connectivity index (χ0n) is 74.1. The van der Waals surface area contributed by atoms with Gasteiger partial charge < -0.3 is 14.5 Å². The normalized spacial score (nSPS) is 14.7. The van der Waals surface area contributed by atoms with Gasteiger partial charge in [-0.3, -0.25) is 0 Å². The van der Waals surface area contributed by atoms with E-state index in [-0.39, 0.29) is 56.1 Å². The fraction of sp³-hybridized carbons (Fsp3) is 0.133. The average Bonchev–Trinajstić information content (AvgIpc) is 0.732. The molecule has 13 rings (SSSR count). The standard InChI is InChI=1S/C90H79ClN2OS/c1-88(2,3)70-51-75(92(74-46-30-45-73(91)57-74)86-82(64-35-20-12-21-36-64)53-71(89(4,5)6)54-83(86)65-37-22-13-23-38-65)58-76(52-70)93(87-84(66-39-24-14-25-40-66)55-72(90(7,8)9)56-85(87)67-41-26-15-27-42-67)77-59-79(94-78-47-28-43-68(49-78)62-31-16-10-17-32-62)61-81(60-77)95-80-48-29-44-69(50-80)63-33-18-11-19-34-63/h10-61H,1-9H3/i10D,11D,16D,17D,18D,19D,28D,29D,30D,31D,32D,33D,34D,43D,44D,45D,49D,50D,57D,60D. The Kier molecular flexibility index (Phi) is 12.5. The van der Waals surface area contributed by atoms with Crippen LogP contribution in [0.1, 0.15) is 106 Å². The van der Waals surface area contributed by atoms with Crippen LogP contribution in [0, 0.1) is 0 Å². The molecule has 0 N–H and O–H groups in total. The van der Waals surface area contributed by atoms with E-state index in [4.69, 9.17) is 31.4 Å². The van der Waals surface area contributed by atoms with Crippen molar-refractivity contribution >= 4 is 57.5 Å². The number of benzene rings is 13. The summed E-state index contributed by atoms with van der Waals surface area (Å²) in [5.41, 5.74) is 6.31. The molecule has 95 heavy (non-hydrogen) atoms. The number of hydrogen-bond acceptors (Lipinski definition) is 4. The molecular formula is C90H79ClN2OS. The van der Waals surface area contributed by atoms with Gasteiger partial charge in [-0.05, 0) is 174 Å². The summed E-state index contributed by atoms with van der Waals surface area (Å²) in [6.45, 7) is 18.8. The Morgan fingerprint density at radius 1 is 0.316 bits per heavy atom. The van der Waals surface area contributed by atoms with E-state index in [1.54, 1.807) is 0 Å². The molecule has 13 aromatic carbocycles. The van der Waals surface area contributed by atoms with Gasteiger partial charge >= 0.3 is 0 Å². The first-order valence-electron chi connectivity index (χ1n) is 41.2. The van der Waals surface area contributed by atoms with E-state index in [2.05, 4.69) is 65.8 Å². The number of ether oxygens (including phenoxy) is 1. The van der Waals surface area contributed by atoms with Crippen LogP contribution in [0.15, 0.2) is 325 Å². The number of rotatable bonds is 16. The second-order valence-corrected chi connectivity index (χ2v) is 27.5. The lowest BCUT2D eigenvalue weighted by molar-refractivity contribution is 0.481. The molecular weight excluding hydrogens is 1190 g/mol. The van der Waals surface area contributed by atoms with Gasteiger partial charge in [-0.25, -0.2) is 0 Å². The van der Waals surface area contributed by atoms with Crippen molar-refractivity contribution < 1.29 is 32.2 Å². The number of nitrogens with zero attached hydrogens (tertiary/aromatic N) is 2. The van der Waals surface area contributed by atoms with Crippen LogP contribution in [0.5, 0.6) is 11.5 Å². The van der Waals surface area contributed by atoms with E-state index in [9.17, 15) is 12.3 Å². The molecule has 0 amide bonds. The van der Waals surface area contributed by atoms with E-state index in [1.165, 1.54) is 24.3 Å². The van der Waals surface area contributed by atoms with Crippen molar-refractivity contribution in [2.24, 2.45) is 0 Å². The Balaban J connectivity index is 1.24. The zero-order chi connectivity index (χ0) is 83.3. The molecule has 0 fully saturated rings. The summed E-state index contributed by atoms with van der Waals surface area (Å²) < 4.78 is 192. The minimum Gasteiger partial charge on any atom is -0.457 e. The molecule has 0 heterocycles. The van der Waals surface area contributed by atoms with E-state index in [1.807, 2.05) is 170 Å². The number of hydrogen-bond donors (Lipinski definition) is 0. The largest absolute Gasteiger partial charge is 0.457 e. The van der Waals surface area contributed by atoms with Crippen molar-refractivity contribution in [3.8, 4) is 78.3 Å². The van der Waals surface area contributed by atoms with Crippen LogP contribution in [-0.2, 0) is 16.2 Å². The molecule has 0 bridgehead atoms. The molecule has 5 heteroatoms. The van der Waals surface area contributed by atoms with Crippen molar-refractivity contribution in [3.05, 3.63) is 337 Å². The van der Waals surface area contributed by atoms with E-state index >= 15 is 0 Å². The van der Waals surface area contributed by atoms with Crippen LogP contribution in [0.3, 0.4) is 0 Å². The molecule has 0 spiro atoms. The molecule has 0 atom stereocenters. The Bertz CT molecular complexity index is 5890. The fourth-order valence-corrected chi connectivity index (χ4v) is 12.3. The maximum absolute atomic E-state index is 11.2. The zero-order valence-corrected chi connectivity index (χ0v) is 55.6. The second kappa shape index (κ2) is 27.1. The maximum atomic E-state index is 11.2. The monoisotopic (exact) mass is 1290 g/mol. The molecule has 0 saturated carbocycles. The molecule has 0 saturated heterocycles. The summed E-state index contributed by atoms with van der Waals surface area (Å²) in [5.74, 6) is -0.633. The van der Waals surface area contributed by atoms with Gasteiger partial charge in [0.05, 0.1) is 44.5 Å². The molecule has 0 radical (unpaired) electrons. The van der Waals surface area contributed by atoms with Crippen LogP contribution < -0.4 is 14.5 Å². The minimum atomic E-state index is -0.798. The summed E-state index contributed by atoms with van der Waals surface area (Å²) in [4.78, 5) is 3.63. The smallest absolute Gasteiger partial charge is 0.130 e. The average molecular weight is 1290 g/mol. The first-order chi connectivity index (χ1) is 54.2. The lowest BCUT2D eigenvalue weighted by Gasteiger charge is -2.36. The molecule has 0 aliphatic carbocycles. The van der Waals surface area contributed by atoms with Gasteiger partial charge in [0.2, 0.25) is 0 Å². The van der Waals surface area contributed by atoms with Gasteiger partial charge in [0.15, 0.2) is 0 Å². The molecule has 0 aliphatic rings. The predicted molar refractivity (Wildman–Crippen MR) is 407 cm³/mol. The third kappa shape index (κ3) is 14.4. The number of halogens is 1. The van der Waals surface area contributed by atoms with Gasteiger partial charge in [-0.1, -0.05) is 298 Å². The molecule has 0 aliphatic heterocycles. The van der Waals surface area contributed by atoms with E-state index in [0.717, 1.165) is 51.2 Å². The molecule has 468 valence electrons. The van der Waals surface area contributed by atoms with Gasteiger partial charge in [0.1, 0.15) is 11.5 Å². The van der Waals surface area contributed by atoms with Crippen LogP contribution in [0.2, 0.25) is 5.02 Å². The first-order valence-corrected chi connectivity index (χ1v) is 32.4. The van der Waals surface area contributed by atoms with Gasteiger partial charge in [-0.15, -0.1) is 0 Å². The lowest BCUT2D eigenvalue weighted by Crippen LogP contribution is -2.20. The van der Waals surface area contributed by atoms with Crippen LogP contribution in [0.25, 0.3) is 66.8 Å². The third-order valence-electron chi connectivity index (χ3n) is 16.2. The van der Waals surface area contributed by atoms with E-state index in [0.29, 0.717) is 50.6 Å².